The molecule has 0 saturated carbocycles. The fourth-order valence-electron chi connectivity index (χ4n) is 2.65. The molecule has 2 rings (SSSR count). The summed E-state index contributed by atoms with van der Waals surface area (Å²) in [6.45, 7) is 10.1. The number of nitrogens with zero attached hydrogens (tertiary/aromatic N) is 4. The molecule has 0 spiro atoms. The van der Waals surface area contributed by atoms with E-state index in [0.717, 1.165) is 18.1 Å². The van der Waals surface area contributed by atoms with Gasteiger partial charge in [-0.1, -0.05) is 0 Å². The quantitative estimate of drug-likeness (QED) is 0.366. The van der Waals surface area contributed by atoms with Crippen molar-refractivity contribution in [1.29, 1.82) is 0 Å². The highest BCUT2D eigenvalue weighted by atomic mass is 127. The summed E-state index contributed by atoms with van der Waals surface area (Å²) >= 11 is 0. The maximum Gasteiger partial charge on any atom is 0.194 e. The van der Waals surface area contributed by atoms with E-state index in [9.17, 15) is 8.42 Å². The van der Waals surface area contributed by atoms with Gasteiger partial charge >= 0.3 is 0 Å². The van der Waals surface area contributed by atoms with Gasteiger partial charge in [-0.3, -0.25) is 9.67 Å². The van der Waals surface area contributed by atoms with E-state index in [2.05, 4.69) is 20.3 Å². The Bertz CT molecular complexity index is 727. The van der Waals surface area contributed by atoms with Gasteiger partial charge < -0.3 is 15.0 Å². The van der Waals surface area contributed by atoms with E-state index >= 15 is 0 Å². The molecule has 1 unspecified atom stereocenters. The summed E-state index contributed by atoms with van der Waals surface area (Å²) < 4.78 is 31.4. The molecular weight excluding hydrogens is 481 g/mol. The van der Waals surface area contributed by atoms with Crippen molar-refractivity contribution in [1.82, 2.24) is 20.0 Å². The molecule has 1 aromatic rings. The zero-order valence-corrected chi connectivity index (χ0v) is 20.0. The Balaban J connectivity index is 0.00000364. The van der Waals surface area contributed by atoms with E-state index in [0.29, 0.717) is 19.7 Å². The molecule has 27 heavy (non-hydrogen) atoms. The van der Waals surface area contributed by atoms with Crippen LogP contribution in [0.5, 0.6) is 0 Å². The highest BCUT2D eigenvalue weighted by Gasteiger charge is 2.29. The van der Waals surface area contributed by atoms with Crippen LogP contribution in [0.4, 0.5) is 0 Å². The molecule has 1 aliphatic rings. The molecule has 1 aromatic heterocycles. The van der Waals surface area contributed by atoms with E-state index in [1.54, 1.807) is 25.5 Å². The molecular formula is C17H32IN5O3S. The van der Waals surface area contributed by atoms with Gasteiger partial charge in [-0.25, -0.2) is 8.42 Å². The van der Waals surface area contributed by atoms with Gasteiger partial charge in [0.05, 0.1) is 36.4 Å². The van der Waals surface area contributed by atoms with E-state index in [-0.39, 0.29) is 42.4 Å². The lowest BCUT2D eigenvalue weighted by molar-refractivity contribution is -0.00802. The van der Waals surface area contributed by atoms with Crippen LogP contribution in [0.15, 0.2) is 17.4 Å². The van der Waals surface area contributed by atoms with Crippen LogP contribution in [0, 0.1) is 0 Å². The lowest BCUT2D eigenvalue weighted by Crippen LogP contribution is -2.48. The van der Waals surface area contributed by atoms with Gasteiger partial charge in [0.15, 0.2) is 15.8 Å². The molecule has 0 aromatic carbocycles. The maximum atomic E-state index is 12.3. The third-order valence-electron chi connectivity index (χ3n) is 4.35. The minimum absolute atomic E-state index is 0. The van der Waals surface area contributed by atoms with Crippen molar-refractivity contribution in [3.63, 3.8) is 0 Å². The Labute approximate surface area is 179 Å². The number of rotatable bonds is 5. The van der Waals surface area contributed by atoms with Crippen LogP contribution in [0.1, 0.15) is 39.4 Å². The fourth-order valence-corrected chi connectivity index (χ4v) is 3.60. The maximum absolute atomic E-state index is 12.3. The van der Waals surface area contributed by atoms with Gasteiger partial charge in [-0.2, -0.15) is 5.10 Å². The number of nitrogens with one attached hydrogen (secondary N) is 1. The van der Waals surface area contributed by atoms with Gasteiger partial charge in [-0.15, -0.1) is 24.0 Å². The normalized spacial score (nSPS) is 18.9. The van der Waals surface area contributed by atoms with Gasteiger partial charge in [0.25, 0.3) is 0 Å². The molecule has 0 bridgehead atoms. The number of hydrogen-bond donors (Lipinski definition) is 1. The summed E-state index contributed by atoms with van der Waals surface area (Å²) in [4.78, 5) is 6.66. The molecule has 1 fully saturated rings. The Morgan fingerprint density at radius 2 is 2.15 bits per heavy atom. The Hall–Kier alpha value is -0.880. The van der Waals surface area contributed by atoms with Crippen molar-refractivity contribution in [2.45, 2.75) is 38.5 Å². The van der Waals surface area contributed by atoms with Gasteiger partial charge in [0, 0.05) is 31.9 Å². The number of sulfone groups is 1. The van der Waals surface area contributed by atoms with Crippen molar-refractivity contribution in [3.05, 3.63) is 18.0 Å². The van der Waals surface area contributed by atoms with Crippen LogP contribution in [0.25, 0.3) is 0 Å². The number of morpholine rings is 1. The second kappa shape index (κ2) is 10.1. The van der Waals surface area contributed by atoms with Crippen LogP contribution in [0.2, 0.25) is 0 Å². The zero-order valence-electron chi connectivity index (χ0n) is 16.8. The van der Waals surface area contributed by atoms with Crippen molar-refractivity contribution >= 4 is 39.8 Å². The number of aliphatic imine (C=N–C) groups is 1. The SMILES string of the molecule is CCNC(=NCCS(=O)(=O)C(C)(C)C)N1CCOC(c2cnn(C)c2)C1.I. The molecule has 1 N–H and O–H groups in total. The number of halogens is 1. The summed E-state index contributed by atoms with van der Waals surface area (Å²) in [6, 6.07) is 0. The number of ether oxygens (including phenoxy) is 1. The first-order chi connectivity index (χ1) is 12.1. The average molecular weight is 513 g/mol. The monoisotopic (exact) mass is 513 g/mol. The van der Waals surface area contributed by atoms with Crippen LogP contribution in [0.3, 0.4) is 0 Å². The Morgan fingerprint density at radius 3 is 2.70 bits per heavy atom. The Morgan fingerprint density at radius 1 is 1.44 bits per heavy atom. The topological polar surface area (TPSA) is 88.8 Å². The molecule has 1 aliphatic heterocycles. The van der Waals surface area contributed by atoms with Crippen LogP contribution >= 0.6 is 24.0 Å². The predicted octanol–water partition coefficient (Wildman–Crippen LogP) is 1.59. The number of hydrogen-bond acceptors (Lipinski definition) is 5. The van der Waals surface area contributed by atoms with Crippen LogP contribution in [-0.4, -0.2) is 72.3 Å². The van der Waals surface area contributed by atoms with Crippen LogP contribution in [-0.2, 0) is 21.6 Å². The first-order valence-corrected chi connectivity index (χ1v) is 10.6. The highest BCUT2D eigenvalue weighted by molar-refractivity contribution is 14.0. The zero-order chi connectivity index (χ0) is 19.4. The van der Waals surface area contributed by atoms with Gasteiger partial charge in [-0.05, 0) is 27.7 Å². The van der Waals surface area contributed by atoms with Crippen molar-refractivity contribution in [2.75, 3.05) is 38.5 Å². The molecule has 0 radical (unpaired) electrons. The summed E-state index contributed by atoms with van der Waals surface area (Å²) in [5, 5.41) is 7.46. The summed E-state index contributed by atoms with van der Waals surface area (Å²) in [7, 11) is -1.30. The highest BCUT2D eigenvalue weighted by Crippen LogP contribution is 2.21. The first kappa shape index (κ1) is 24.2. The van der Waals surface area contributed by atoms with E-state index < -0.39 is 14.6 Å². The molecule has 0 amide bonds. The van der Waals surface area contributed by atoms with Crippen molar-refractivity contribution < 1.29 is 13.2 Å². The standard InChI is InChI=1S/C17H31N5O3S.HI/c1-6-18-16(19-7-10-26(23,24)17(2,3)4)22-8-9-25-15(13-22)14-11-20-21(5)12-14;/h11-12,15H,6-10,13H2,1-5H3,(H,18,19);1H. The minimum atomic E-state index is -3.18. The number of aromatic nitrogens is 2. The Kier molecular flexibility index (Phi) is 9.00. The third kappa shape index (κ3) is 6.60. The lowest BCUT2D eigenvalue weighted by Gasteiger charge is -2.34. The fraction of sp³-hybridized carbons (Fsp3) is 0.765. The molecule has 156 valence electrons. The second-order valence-electron chi connectivity index (χ2n) is 7.42. The van der Waals surface area contributed by atoms with Crippen molar-refractivity contribution in [3.8, 4) is 0 Å². The lowest BCUT2D eigenvalue weighted by atomic mass is 10.1. The smallest absolute Gasteiger partial charge is 0.194 e. The third-order valence-corrected chi connectivity index (χ3v) is 6.94. The summed E-state index contributed by atoms with van der Waals surface area (Å²) in [5.41, 5.74) is 1.03. The molecule has 0 aliphatic carbocycles. The largest absolute Gasteiger partial charge is 0.370 e. The summed E-state index contributed by atoms with van der Waals surface area (Å²) in [6.07, 6.45) is 3.70. The molecule has 10 heteroatoms. The van der Waals surface area contributed by atoms with E-state index in [1.165, 1.54) is 0 Å². The average Bonchev–Trinajstić information content (AvgIpc) is 2.99. The van der Waals surface area contributed by atoms with E-state index in [4.69, 9.17) is 4.74 Å². The molecule has 8 nitrogen and oxygen atoms in total. The molecule has 2 heterocycles. The number of guanidine groups is 1. The molecule has 1 atom stereocenters. The van der Waals surface area contributed by atoms with E-state index in [1.807, 2.05) is 26.4 Å². The first-order valence-electron chi connectivity index (χ1n) is 8.99. The minimum Gasteiger partial charge on any atom is -0.370 e. The summed E-state index contributed by atoms with van der Waals surface area (Å²) in [5.74, 6) is 0.774. The molecule has 1 saturated heterocycles. The van der Waals surface area contributed by atoms with Crippen LogP contribution < -0.4 is 5.32 Å². The van der Waals surface area contributed by atoms with Crippen molar-refractivity contribution in [2.24, 2.45) is 12.0 Å². The van der Waals surface area contributed by atoms with Gasteiger partial charge in [0.1, 0.15) is 6.10 Å². The predicted molar refractivity (Wildman–Crippen MR) is 118 cm³/mol. The second-order valence-corrected chi connectivity index (χ2v) is 10.3. The van der Waals surface area contributed by atoms with Gasteiger partial charge in [0.2, 0.25) is 0 Å². The number of aryl methyl sites for hydroxylation is 1.